The van der Waals surface area contributed by atoms with Crippen LogP contribution in [0.4, 0.5) is 4.39 Å². The van der Waals surface area contributed by atoms with Crippen LogP contribution in [0.25, 0.3) is 0 Å². The number of piperidine rings is 1. The number of pyridine rings is 1. The second-order valence-electron chi connectivity index (χ2n) is 6.49. The minimum absolute atomic E-state index is 0.00516. The summed E-state index contributed by atoms with van der Waals surface area (Å²) in [5, 5.41) is 2.59. The first kappa shape index (κ1) is 19.4. The molecule has 8 heteroatoms. The number of carbonyl (C=O) groups excluding carboxylic acids is 1. The highest BCUT2D eigenvalue weighted by molar-refractivity contribution is 7.89. The molecule has 2 heterocycles. The number of amides is 1. The molecule has 1 aliphatic rings. The SMILES string of the molecule is O=C(NCCS(=O)(=O)N1CCCC[C@@H]1c1cccnc1)c1ccc(F)cc1. The van der Waals surface area contributed by atoms with Crippen molar-refractivity contribution in [3.8, 4) is 0 Å². The van der Waals surface area contributed by atoms with E-state index in [1.165, 1.54) is 28.6 Å². The third-order valence-corrected chi connectivity index (χ3v) is 6.50. The van der Waals surface area contributed by atoms with Crippen LogP contribution in [-0.4, -0.2) is 42.5 Å². The van der Waals surface area contributed by atoms with Crippen LogP contribution >= 0.6 is 0 Å². The van der Waals surface area contributed by atoms with Crippen molar-refractivity contribution >= 4 is 15.9 Å². The molecular weight excluding hydrogens is 369 g/mol. The van der Waals surface area contributed by atoms with Crippen molar-refractivity contribution in [1.82, 2.24) is 14.6 Å². The van der Waals surface area contributed by atoms with Crippen LogP contribution in [0.5, 0.6) is 0 Å². The zero-order valence-electron chi connectivity index (χ0n) is 14.8. The Labute approximate surface area is 158 Å². The zero-order valence-corrected chi connectivity index (χ0v) is 15.7. The van der Waals surface area contributed by atoms with Crippen LogP contribution in [0, 0.1) is 5.82 Å². The number of benzene rings is 1. The van der Waals surface area contributed by atoms with Gasteiger partial charge in [-0.2, -0.15) is 4.31 Å². The number of nitrogens with one attached hydrogen (secondary N) is 1. The molecule has 0 aliphatic carbocycles. The molecule has 0 unspecified atom stereocenters. The van der Waals surface area contributed by atoms with Gasteiger partial charge < -0.3 is 5.32 Å². The molecule has 6 nitrogen and oxygen atoms in total. The van der Waals surface area contributed by atoms with Crippen molar-refractivity contribution in [2.24, 2.45) is 0 Å². The lowest BCUT2D eigenvalue weighted by atomic mass is 9.99. The number of hydrogen-bond acceptors (Lipinski definition) is 4. The van der Waals surface area contributed by atoms with Crippen molar-refractivity contribution in [3.63, 3.8) is 0 Å². The normalized spacial score (nSPS) is 18.2. The first-order chi connectivity index (χ1) is 13.0. The number of carbonyl (C=O) groups is 1. The Morgan fingerprint density at radius 2 is 2.00 bits per heavy atom. The Morgan fingerprint density at radius 1 is 1.22 bits per heavy atom. The molecule has 1 N–H and O–H groups in total. The highest BCUT2D eigenvalue weighted by Gasteiger charge is 2.33. The highest BCUT2D eigenvalue weighted by atomic mass is 32.2. The van der Waals surface area contributed by atoms with Gasteiger partial charge in [-0.05, 0) is 48.7 Å². The van der Waals surface area contributed by atoms with E-state index < -0.39 is 21.7 Å². The van der Waals surface area contributed by atoms with Gasteiger partial charge in [-0.25, -0.2) is 12.8 Å². The Hall–Kier alpha value is -2.32. The standard InChI is InChI=1S/C19H22FN3O3S/c20-17-8-6-15(7-9-17)19(24)22-11-13-27(25,26)23-12-2-1-5-18(23)16-4-3-10-21-14-16/h3-4,6-10,14,18H,1-2,5,11-13H2,(H,22,24)/t18-/m1/s1. The van der Waals surface area contributed by atoms with Gasteiger partial charge in [0.1, 0.15) is 5.82 Å². The molecule has 1 saturated heterocycles. The maximum atomic E-state index is 12.9. The number of sulfonamides is 1. The first-order valence-corrected chi connectivity index (χ1v) is 10.5. The minimum Gasteiger partial charge on any atom is -0.351 e. The van der Waals surface area contributed by atoms with Crippen LogP contribution in [0.15, 0.2) is 48.8 Å². The van der Waals surface area contributed by atoms with E-state index in [0.29, 0.717) is 12.1 Å². The maximum Gasteiger partial charge on any atom is 0.251 e. The summed E-state index contributed by atoms with van der Waals surface area (Å²) in [6, 6.07) is 8.59. The van der Waals surface area contributed by atoms with Gasteiger partial charge >= 0.3 is 0 Å². The van der Waals surface area contributed by atoms with Gasteiger partial charge in [-0.1, -0.05) is 12.5 Å². The molecule has 1 atom stereocenters. The number of nitrogens with zero attached hydrogens (tertiary/aromatic N) is 2. The molecule has 1 aliphatic heterocycles. The third-order valence-electron chi connectivity index (χ3n) is 4.63. The van der Waals surface area contributed by atoms with Crippen LogP contribution in [0.2, 0.25) is 0 Å². The summed E-state index contributed by atoms with van der Waals surface area (Å²) in [5.41, 5.74) is 1.18. The van der Waals surface area contributed by atoms with E-state index in [2.05, 4.69) is 10.3 Å². The lowest BCUT2D eigenvalue weighted by Gasteiger charge is -2.34. The van der Waals surface area contributed by atoms with Crippen molar-refractivity contribution < 1.29 is 17.6 Å². The largest absolute Gasteiger partial charge is 0.351 e. The number of aromatic nitrogens is 1. The molecule has 1 amide bonds. The van der Waals surface area contributed by atoms with Crippen LogP contribution in [0.1, 0.15) is 41.2 Å². The second kappa shape index (κ2) is 8.58. The molecule has 0 bridgehead atoms. The molecule has 144 valence electrons. The summed E-state index contributed by atoms with van der Waals surface area (Å²) in [7, 11) is -3.53. The molecule has 3 rings (SSSR count). The highest BCUT2D eigenvalue weighted by Crippen LogP contribution is 2.32. The fourth-order valence-corrected chi connectivity index (χ4v) is 4.87. The van der Waals surface area contributed by atoms with Crippen molar-refractivity contribution in [2.45, 2.75) is 25.3 Å². The van der Waals surface area contributed by atoms with Crippen molar-refractivity contribution in [1.29, 1.82) is 0 Å². The Morgan fingerprint density at radius 3 is 2.70 bits per heavy atom. The number of halogens is 1. The fourth-order valence-electron chi connectivity index (χ4n) is 3.26. The third kappa shape index (κ3) is 4.90. The summed E-state index contributed by atoms with van der Waals surface area (Å²) >= 11 is 0. The Bertz CT molecular complexity index is 873. The summed E-state index contributed by atoms with van der Waals surface area (Å²) in [6.45, 7) is 0.461. The predicted octanol–water partition coefficient (Wildman–Crippen LogP) is 2.51. The lowest BCUT2D eigenvalue weighted by Crippen LogP contribution is -2.42. The number of hydrogen-bond donors (Lipinski definition) is 1. The van der Waals surface area contributed by atoms with Crippen molar-refractivity contribution in [3.05, 3.63) is 65.7 Å². The smallest absolute Gasteiger partial charge is 0.251 e. The van der Waals surface area contributed by atoms with Gasteiger partial charge in [0, 0.05) is 31.0 Å². The molecule has 1 aromatic heterocycles. The Kier molecular flexibility index (Phi) is 6.18. The first-order valence-electron chi connectivity index (χ1n) is 8.90. The van der Waals surface area contributed by atoms with Crippen molar-refractivity contribution in [2.75, 3.05) is 18.8 Å². The molecule has 0 radical (unpaired) electrons. The Balaban J connectivity index is 1.62. The molecule has 27 heavy (non-hydrogen) atoms. The van der Waals surface area contributed by atoms with E-state index in [4.69, 9.17) is 0 Å². The summed E-state index contributed by atoms with van der Waals surface area (Å²) < 4.78 is 40.1. The van der Waals surface area contributed by atoms with Crippen LogP contribution < -0.4 is 5.32 Å². The average molecular weight is 391 g/mol. The van der Waals surface area contributed by atoms with Gasteiger partial charge in [-0.3, -0.25) is 9.78 Å². The van der Waals surface area contributed by atoms with E-state index in [-0.39, 0.29) is 18.3 Å². The predicted molar refractivity (Wildman–Crippen MR) is 100 cm³/mol. The van der Waals surface area contributed by atoms with Gasteiger partial charge in [-0.15, -0.1) is 0 Å². The summed E-state index contributed by atoms with van der Waals surface area (Å²) in [5.74, 6) is -1.04. The van der Waals surface area contributed by atoms with Crippen LogP contribution in [0.3, 0.4) is 0 Å². The van der Waals surface area contributed by atoms with Gasteiger partial charge in [0.2, 0.25) is 10.0 Å². The second-order valence-corrected chi connectivity index (χ2v) is 8.53. The quantitative estimate of drug-likeness (QED) is 0.821. The maximum absolute atomic E-state index is 12.9. The molecule has 1 fully saturated rings. The topological polar surface area (TPSA) is 79.4 Å². The zero-order chi connectivity index (χ0) is 19.3. The fraction of sp³-hybridized carbons (Fsp3) is 0.368. The molecule has 0 saturated carbocycles. The number of rotatable bonds is 6. The van der Waals surface area contributed by atoms with Gasteiger partial charge in [0.25, 0.3) is 5.91 Å². The summed E-state index contributed by atoms with van der Waals surface area (Å²) in [4.78, 5) is 16.1. The molecular formula is C19H22FN3O3S. The molecule has 1 aromatic carbocycles. The monoisotopic (exact) mass is 391 g/mol. The van der Waals surface area contributed by atoms with E-state index in [1.54, 1.807) is 18.5 Å². The van der Waals surface area contributed by atoms with E-state index in [9.17, 15) is 17.6 Å². The van der Waals surface area contributed by atoms with Crippen LogP contribution in [-0.2, 0) is 10.0 Å². The van der Waals surface area contributed by atoms with Gasteiger partial charge in [0.05, 0.1) is 11.8 Å². The lowest BCUT2D eigenvalue weighted by molar-refractivity contribution is 0.0956. The molecule has 0 spiro atoms. The van der Waals surface area contributed by atoms with Gasteiger partial charge in [0.15, 0.2) is 0 Å². The van der Waals surface area contributed by atoms with E-state index >= 15 is 0 Å². The van der Waals surface area contributed by atoms with E-state index in [0.717, 1.165) is 24.8 Å². The molecule has 2 aromatic rings. The average Bonchev–Trinajstić information content (AvgIpc) is 2.69. The van der Waals surface area contributed by atoms with E-state index in [1.807, 2.05) is 6.07 Å². The summed E-state index contributed by atoms with van der Waals surface area (Å²) in [6.07, 6.45) is 5.91. The minimum atomic E-state index is -3.53.